The Morgan fingerprint density at radius 3 is 2.93 bits per heavy atom. The first-order chi connectivity index (χ1) is 6.79. The van der Waals surface area contributed by atoms with Gasteiger partial charge in [-0.1, -0.05) is 12.1 Å². The molecule has 0 amide bonds. The molecule has 0 aliphatic rings. The van der Waals surface area contributed by atoms with Crippen LogP contribution < -0.4 is 10.5 Å². The second kappa shape index (κ2) is 3.67. The molecular formula is C10H10N2OS. The Morgan fingerprint density at radius 1 is 1.43 bits per heavy atom. The minimum absolute atomic E-state index is 0.563. The Kier molecular flexibility index (Phi) is 2.37. The van der Waals surface area contributed by atoms with Crippen LogP contribution in [0.5, 0.6) is 5.75 Å². The van der Waals surface area contributed by atoms with Crippen molar-refractivity contribution in [3.8, 4) is 16.3 Å². The number of hydrogen-bond donors (Lipinski definition) is 1. The van der Waals surface area contributed by atoms with Crippen LogP contribution in [-0.2, 0) is 0 Å². The van der Waals surface area contributed by atoms with Gasteiger partial charge in [0, 0.05) is 10.9 Å². The van der Waals surface area contributed by atoms with Crippen molar-refractivity contribution < 1.29 is 4.74 Å². The third kappa shape index (κ3) is 1.70. The summed E-state index contributed by atoms with van der Waals surface area (Å²) >= 11 is 1.53. The number of aromatic nitrogens is 1. The lowest BCUT2D eigenvalue weighted by Crippen LogP contribution is -1.85. The van der Waals surface area contributed by atoms with Crippen molar-refractivity contribution in [3.63, 3.8) is 0 Å². The molecule has 0 spiro atoms. The van der Waals surface area contributed by atoms with Crippen LogP contribution in [0.25, 0.3) is 10.6 Å². The SMILES string of the molecule is COc1cccc(-c2nc(N)cs2)c1. The molecule has 0 saturated carbocycles. The van der Waals surface area contributed by atoms with Gasteiger partial charge in [0.05, 0.1) is 7.11 Å². The van der Waals surface area contributed by atoms with E-state index in [-0.39, 0.29) is 0 Å². The predicted octanol–water partition coefficient (Wildman–Crippen LogP) is 2.40. The van der Waals surface area contributed by atoms with Gasteiger partial charge in [-0.15, -0.1) is 11.3 Å². The highest BCUT2D eigenvalue weighted by Gasteiger charge is 2.03. The van der Waals surface area contributed by atoms with E-state index in [1.165, 1.54) is 11.3 Å². The summed E-state index contributed by atoms with van der Waals surface area (Å²) in [6.07, 6.45) is 0. The first-order valence-electron chi connectivity index (χ1n) is 4.15. The Hall–Kier alpha value is -1.55. The molecule has 3 nitrogen and oxygen atoms in total. The number of ether oxygens (including phenoxy) is 1. The average molecular weight is 206 g/mol. The molecular weight excluding hydrogens is 196 g/mol. The molecule has 1 aromatic heterocycles. The van der Waals surface area contributed by atoms with Crippen molar-refractivity contribution in [1.29, 1.82) is 0 Å². The van der Waals surface area contributed by atoms with E-state index in [1.807, 2.05) is 29.6 Å². The summed E-state index contributed by atoms with van der Waals surface area (Å²) in [7, 11) is 1.65. The highest BCUT2D eigenvalue weighted by Crippen LogP contribution is 2.27. The maximum absolute atomic E-state index is 5.55. The van der Waals surface area contributed by atoms with E-state index in [0.717, 1.165) is 16.3 Å². The Labute approximate surface area is 86.2 Å². The number of anilines is 1. The van der Waals surface area contributed by atoms with Gasteiger partial charge in [0.15, 0.2) is 0 Å². The second-order valence-corrected chi connectivity index (χ2v) is 3.67. The molecule has 0 atom stereocenters. The van der Waals surface area contributed by atoms with E-state index in [4.69, 9.17) is 10.5 Å². The van der Waals surface area contributed by atoms with Crippen LogP contribution in [0, 0.1) is 0 Å². The minimum Gasteiger partial charge on any atom is -0.497 e. The van der Waals surface area contributed by atoms with Gasteiger partial charge in [-0.05, 0) is 12.1 Å². The maximum atomic E-state index is 5.55. The first-order valence-corrected chi connectivity index (χ1v) is 5.03. The molecule has 72 valence electrons. The third-order valence-electron chi connectivity index (χ3n) is 1.84. The van der Waals surface area contributed by atoms with Crippen LogP contribution >= 0.6 is 11.3 Å². The highest BCUT2D eigenvalue weighted by atomic mass is 32.1. The van der Waals surface area contributed by atoms with Gasteiger partial charge < -0.3 is 10.5 Å². The maximum Gasteiger partial charge on any atom is 0.135 e. The van der Waals surface area contributed by atoms with Crippen LogP contribution in [-0.4, -0.2) is 12.1 Å². The number of thiazole rings is 1. The van der Waals surface area contributed by atoms with Crippen molar-refractivity contribution in [1.82, 2.24) is 4.98 Å². The lowest BCUT2D eigenvalue weighted by Gasteiger charge is -2.00. The Morgan fingerprint density at radius 2 is 2.29 bits per heavy atom. The standard InChI is InChI=1S/C10H10N2OS/c1-13-8-4-2-3-7(5-8)10-12-9(11)6-14-10/h2-6H,11H2,1H3. The zero-order chi connectivity index (χ0) is 9.97. The summed E-state index contributed by atoms with van der Waals surface area (Å²) in [5, 5.41) is 2.75. The lowest BCUT2D eigenvalue weighted by molar-refractivity contribution is 0.415. The number of nitrogens with two attached hydrogens (primary N) is 1. The molecule has 0 aliphatic carbocycles. The Balaban J connectivity index is 2.41. The average Bonchev–Trinajstić information content (AvgIpc) is 2.65. The number of methoxy groups -OCH3 is 1. The molecule has 0 unspecified atom stereocenters. The van der Waals surface area contributed by atoms with E-state index in [0.29, 0.717) is 5.82 Å². The first kappa shape index (κ1) is 9.02. The minimum atomic E-state index is 0.563. The largest absolute Gasteiger partial charge is 0.497 e. The van der Waals surface area contributed by atoms with Gasteiger partial charge in [-0.2, -0.15) is 0 Å². The number of nitrogens with zero attached hydrogens (tertiary/aromatic N) is 1. The van der Waals surface area contributed by atoms with E-state index in [9.17, 15) is 0 Å². The predicted molar refractivity (Wildman–Crippen MR) is 58.5 cm³/mol. The van der Waals surface area contributed by atoms with E-state index in [1.54, 1.807) is 7.11 Å². The number of hydrogen-bond acceptors (Lipinski definition) is 4. The van der Waals surface area contributed by atoms with Crippen molar-refractivity contribution in [2.24, 2.45) is 0 Å². The van der Waals surface area contributed by atoms with E-state index >= 15 is 0 Å². The van der Waals surface area contributed by atoms with Gasteiger partial charge in [0.1, 0.15) is 16.6 Å². The summed E-state index contributed by atoms with van der Waals surface area (Å²) in [5.74, 6) is 1.39. The molecule has 4 heteroatoms. The molecule has 2 N–H and O–H groups in total. The lowest BCUT2D eigenvalue weighted by atomic mass is 10.2. The molecule has 0 aliphatic heterocycles. The van der Waals surface area contributed by atoms with Crippen LogP contribution in [0.15, 0.2) is 29.6 Å². The molecule has 0 radical (unpaired) electrons. The van der Waals surface area contributed by atoms with Crippen LogP contribution in [0.3, 0.4) is 0 Å². The smallest absolute Gasteiger partial charge is 0.135 e. The fourth-order valence-corrected chi connectivity index (χ4v) is 1.88. The molecule has 2 aromatic rings. The van der Waals surface area contributed by atoms with Crippen molar-refractivity contribution in [2.45, 2.75) is 0 Å². The molecule has 1 aromatic carbocycles. The van der Waals surface area contributed by atoms with Gasteiger partial charge in [-0.3, -0.25) is 0 Å². The molecule has 0 saturated heterocycles. The van der Waals surface area contributed by atoms with Crippen LogP contribution in [0.4, 0.5) is 5.82 Å². The monoisotopic (exact) mass is 206 g/mol. The summed E-state index contributed by atoms with van der Waals surface area (Å²) in [4.78, 5) is 4.20. The summed E-state index contributed by atoms with van der Waals surface area (Å²) in [6.45, 7) is 0. The van der Waals surface area contributed by atoms with Gasteiger partial charge in [-0.25, -0.2) is 4.98 Å². The quantitative estimate of drug-likeness (QED) is 0.820. The van der Waals surface area contributed by atoms with Crippen molar-refractivity contribution in [3.05, 3.63) is 29.6 Å². The highest BCUT2D eigenvalue weighted by molar-refractivity contribution is 7.13. The molecule has 1 heterocycles. The van der Waals surface area contributed by atoms with Crippen molar-refractivity contribution in [2.75, 3.05) is 12.8 Å². The van der Waals surface area contributed by atoms with E-state index in [2.05, 4.69) is 4.98 Å². The number of rotatable bonds is 2. The second-order valence-electron chi connectivity index (χ2n) is 2.81. The fourth-order valence-electron chi connectivity index (χ4n) is 1.17. The van der Waals surface area contributed by atoms with Gasteiger partial charge in [0.25, 0.3) is 0 Å². The summed E-state index contributed by atoms with van der Waals surface area (Å²) in [5.41, 5.74) is 6.59. The fraction of sp³-hybridized carbons (Fsp3) is 0.100. The van der Waals surface area contributed by atoms with Gasteiger partial charge in [0.2, 0.25) is 0 Å². The van der Waals surface area contributed by atoms with Crippen LogP contribution in [0.1, 0.15) is 0 Å². The van der Waals surface area contributed by atoms with Gasteiger partial charge >= 0.3 is 0 Å². The molecule has 0 bridgehead atoms. The third-order valence-corrected chi connectivity index (χ3v) is 2.75. The van der Waals surface area contributed by atoms with Crippen LogP contribution in [0.2, 0.25) is 0 Å². The molecule has 2 rings (SSSR count). The summed E-state index contributed by atoms with van der Waals surface area (Å²) in [6, 6.07) is 7.77. The normalized spacial score (nSPS) is 10.1. The number of nitrogen functional groups attached to an aromatic ring is 1. The zero-order valence-corrected chi connectivity index (χ0v) is 8.54. The number of benzene rings is 1. The summed E-state index contributed by atoms with van der Waals surface area (Å²) < 4.78 is 5.13. The Bertz CT molecular complexity index is 439. The zero-order valence-electron chi connectivity index (χ0n) is 7.73. The molecule has 0 fully saturated rings. The molecule has 14 heavy (non-hydrogen) atoms. The topological polar surface area (TPSA) is 48.1 Å². The van der Waals surface area contributed by atoms with E-state index < -0.39 is 0 Å². The van der Waals surface area contributed by atoms with Crippen molar-refractivity contribution >= 4 is 17.2 Å².